The molecule has 0 bridgehead atoms. The summed E-state index contributed by atoms with van der Waals surface area (Å²) in [6, 6.07) is 14.8. The fourth-order valence-corrected chi connectivity index (χ4v) is 3.64. The van der Waals surface area contributed by atoms with Crippen LogP contribution < -0.4 is 11.1 Å². The zero-order chi connectivity index (χ0) is 15.5. The molecule has 0 aliphatic rings. The predicted molar refractivity (Wildman–Crippen MR) is 90.5 cm³/mol. The lowest BCUT2D eigenvalue weighted by molar-refractivity contribution is -0.123. The molecule has 0 spiro atoms. The third-order valence-electron chi connectivity index (χ3n) is 3.85. The van der Waals surface area contributed by atoms with Crippen LogP contribution in [0.3, 0.4) is 0 Å². The summed E-state index contributed by atoms with van der Waals surface area (Å²) in [5.41, 5.74) is 4.82. The minimum Gasteiger partial charge on any atom is -0.368 e. The number of amides is 1. The molecule has 0 aliphatic heterocycles. The quantitative estimate of drug-likeness (QED) is 0.806. The molecule has 2 atom stereocenters. The highest BCUT2D eigenvalue weighted by Gasteiger charge is 2.31. The number of nitrogens with two attached hydrogens (primary N) is 1. The van der Waals surface area contributed by atoms with E-state index in [1.807, 2.05) is 19.1 Å². The van der Waals surface area contributed by atoms with Crippen LogP contribution in [0, 0.1) is 0 Å². The summed E-state index contributed by atoms with van der Waals surface area (Å²) in [5, 5.41) is 5.80. The Hall–Kier alpha value is -1.52. The van der Waals surface area contributed by atoms with Crippen molar-refractivity contribution < 1.29 is 4.79 Å². The highest BCUT2D eigenvalue weighted by molar-refractivity contribution is 8.00. The van der Waals surface area contributed by atoms with Crippen LogP contribution in [-0.4, -0.2) is 23.7 Å². The van der Waals surface area contributed by atoms with Crippen LogP contribution in [0.2, 0.25) is 0 Å². The zero-order valence-corrected chi connectivity index (χ0v) is 13.5. The topological polar surface area (TPSA) is 55.1 Å². The number of carbonyl (C=O) groups is 1. The van der Waals surface area contributed by atoms with Crippen LogP contribution in [0.25, 0.3) is 10.8 Å². The van der Waals surface area contributed by atoms with Crippen molar-refractivity contribution in [3.63, 3.8) is 0 Å². The summed E-state index contributed by atoms with van der Waals surface area (Å²) < 4.78 is 0. The molecule has 2 aromatic rings. The largest absolute Gasteiger partial charge is 0.368 e. The van der Waals surface area contributed by atoms with Gasteiger partial charge in [0.1, 0.15) is 0 Å². The van der Waals surface area contributed by atoms with Gasteiger partial charge < -0.3 is 11.1 Å². The van der Waals surface area contributed by atoms with E-state index in [1.165, 1.54) is 15.7 Å². The lowest BCUT2D eigenvalue weighted by atomic mass is 9.95. The Morgan fingerprint density at radius 3 is 2.57 bits per heavy atom. The number of benzene rings is 2. The van der Waals surface area contributed by atoms with Crippen LogP contribution in [0.5, 0.6) is 0 Å². The molecule has 0 aromatic heterocycles. The van der Waals surface area contributed by atoms with Gasteiger partial charge in [-0.3, -0.25) is 4.79 Å². The third kappa shape index (κ3) is 3.77. The van der Waals surface area contributed by atoms with Gasteiger partial charge in [0.25, 0.3) is 0 Å². The lowest BCUT2D eigenvalue weighted by Gasteiger charge is -2.28. The Bertz CT molecular complexity index is 643. The van der Waals surface area contributed by atoms with Gasteiger partial charge in [0.2, 0.25) is 5.91 Å². The van der Waals surface area contributed by atoms with Crippen LogP contribution in [0.1, 0.15) is 20.3 Å². The first-order valence-electron chi connectivity index (χ1n) is 7.09. The second-order valence-corrected chi connectivity index (χ2v) is 7.10. The predicted octanol–water partition coefficient (Wildman–Crippen LogP) is 3.17. The van der Waals surface area contributed by atoms with Crippen molar-refractivity contribution in [2.75, 3.05) is 7.05 Å². The molecule has 0 aliphatic carbocycles. The monoisotopic (exact) mass is 302 g/mol. The van der Waals surface area contributed by atoms with Gasteiger partial charge in [0, 0.05) is 10.1 Å². The van der Waals surface area contributed by atoms with Gasteiger partial charge in [-0.05, 0) is 43.3 Å². The van der Waals surface area contributed by atoms with E-state index < -0.39 is 5.54 Å². The van der Waals surface area contributed by atoms with E-state index in [0.29, 0.717) is 6.42 Å². The number of hydrogen-bond donors (Lipinski definition) is 2. The van der Waals surface area contributed by atoms with E-state index in [4.69, 9.17) is 5.73 Å². The summed E-state index contributed by atoms with van der Waals surface area (Å²) in [4.78, 5) is 12.8. The van der Waals surface area contributed by atoms with Gasteiger partial charge in [0.05, 0.1) is 5.54 Å². The van der Waals surface area contributed by atoms with Crippen LogP contribution in [-0.2, 0) is 4.79 Å². The van der Waals surface area contributed by atoms with Crippen molar-refractivity contribution in [2.45, 2.75) is 36.0 Å². The van der Waals surface area contributed by atoms with E-state index >= 15 is 0 Å². The smallest absolute Gasteiger partial charge is 0.237 e. The molecule has 2 rings (SSSR count). The minimum absolute atomic E-state index is 0.288. The molecule has 0 saturated carbocycles. The first-order valence-corrected chi connectivity index (χ1v) is 7.97. The van der Waals surface area contributed by atoms with Gasteiger partial charge >= 0.3 is 0 Å². The van der Waals surface area contributed by atoms with E-state index in [0.717, 1.165) is 0 Å². The molecule has 21 heavy (non-hydrogen) atoms. The molecule has 3 N–H and O–H groups in total. The molecule has 112 valence electrons. The molecule has 2 aromatic carbocycles. The first-order chi connectivity index (χ1) is 9.94. The Morgan fingerprint density at radius 1 is 1.29 bits per heavy atom. The third-order valence-corrected chi connectivity index (χ3v) is 4.94. The van der Waals surface area contributed by atoms with E-state index in [-0.39, 0.29) is 11.2 Å². The van der Waals surface area contributed by atoms with E-state index in [2.05, 4.69) is 42.6 Å². The summed E-state index contributed by atoms with van der Waals surface area (Å²) in [6.45, 7) is 3.98. The van der Waals surface area contributed by atoms with Gasteiger partial charge in [-0.1, -0.05) is 37.3 Å². The van der Waals surface area contributed by atoms with Gasteiger partial charge in [-0.2, -0.15) is 0 Å². The molecule has 0 fully saturated rings. The highest BCUT2D eigenvalue weighted by Crippen LogP contribution is 2.30. The zero-order valence-electron chi connectivity index (χ0n) is 12.7. The van der Waals surface area contributed by atoms with Crippen molar-refractivity contribution in [3.8, 4) is 0 Å². The number of likely N-dealkylation sites (N-methyl/N-ethyl adjacent to an activating group) is 1. The van der Waals surface area contributed by atoms with Crippen LogP contribution in [0.15, 0.2) is 47.4 Å². The molecule has 0 heterocycles. The Balaban J connectivity index is 2.10. The molecule has 1 amide bonds. The maximum absolute atomic E-state index is 11.6. The highest BCUT2D eigenvalue weighted by atomic mass is 32.2. The standard InChI is InChI=1S/C17H22N2OS/c1-12(11-17(2,19-3)16(18)20)21-15-9-8-13-6-4-5-7-14(13)10-15/h4-10,12,19H,11H2,1-3H3,(H2,18,20). The summed E-state index contributed by atoms with van der Waals surface area (Å²) in [7, 11) is 1.78. The summed E-state index contributed by atoms with van der Waals surface area (Å²) >= 11 is 1.77. The van der Waals surface area contributed by atoms with E-state index in [9.17, 15) is 4.79 Å². The number of rotatable bonds is 6. The Morgan fingerprint density at radius 2 is 1.95 bits per heavy atom. The van der Waals surface area contributed by atoms with Crippen LogP contribution in [0.4, 0.5) is 0 Å². The van der Waals surface area contributed by atoms with Crippen molar-refractivity contribution in [1.82, 2.24) is 5.32 Å². The van der Waals surface area contributed by atoms with Gasteiger partial charge in [-0.25, -0.2) is 0 Å². The number of carbonyl (C=O) groups excluding carboxylic acids is 1. The SMILES string of the molecule is CNC(C)(CC(C)Sc1ccc2ccccc2c1)C(N)=O. The summed E-state index contributed by atoms with van der Waals surface area (Å²) in [6.07, 6.45) is 0.691. The molecule has 0 radical (unpaired) electrons. The van der Waals surface area contributed by atoms with Crippen molar-refractivity contribution >= 4 is 28.4 Å². The number of fused-ring (bicyclic) bond motifs is 1. The second kappa shape index (κ2) is 6.50. The second-order valence-electron chi connectivity index (χ2n) is 5.59. The molecule has 4 heteroatoms. The molecule has 2 unspecified atom stereocenters. The fourth-order valence-electron chi connectivity index (χ4n) is 2.42. The fraction of sp³-hybridized carbons (Fsp3) is 0.353. The van der Waals surface area contributed by atoms with Crippen molar-refractivity contribution in [1.29, 1.82) is 0 Å². The molecule has 3 nitrogen and oxygen atoms in total. The molecular weight excluding hydrogens is 280 g/mol. The number of hydrogen-bond acceptors (Lipinski definition) is 3. The Labute approximate surface area is 130 Å². The maximum Gasteiger partial charge on any atom is 0.237 e. The number of primary amides is 1. The van der Waals surface area contributed by atoms with Crippen molar-refractivity contribution in [3.05, 3.63) is 42.5 Å². The average Bonchev–Trinajstić information content (AvgIpc) is 2.46. The number of thioether (sulfide) groups is 1. The maximum atomic E-state index is 11.6. The van der Waals surface area contributed by atoms with Crippen molar-refractivity contribution in [2.24, 2.45) is 5.73 Å². The van der Waals surface area contributed by atoms with Gasteiger partial charge in [-0.15, -0.1) is 11.8 Å². The van der Waals surface area contributed by atoms with Gasteiger partial charge in [0.15, 0.2) is 0 Å². The van der Waals surface area contributed by atoms with E-state index in [1.54, 1.807) is 18.8 Å². The van der Waals surface area contributed by atoms with Crippen LogP contribution >= 0.6 is 11.8 Å². The first kappa shape index (κ1) is 15.9. The average molecular weight is 302 g/mol. The number of nitrogens with one attached hydrogen (secondary N) is 1. The normalized spacial score (nSPS) is 15.6. The minimum atomic E-state index is -0.663. The molecule has 0 saturated heterocycles. The molecular formula is C17H22N2OS. The Kier molecular flexibility index (Phi) is 4.91. The lowest BCUT2D eigenvalue weighted by Crippen LogP contribution is -2.52. The summed E-state index contributed by atoms with van der Waals surface area (Å²) in [5.74, 6) is -0.309.